The quantitative estimate of drug-likeness (QED) is 0.588. The third-order valence-corrected chi connectivity index (χ3v) is 6.38. The lowest BCUT2D eigenvalue weighted by atomic mass is 10.2. The molecule has 0 aliphatic rings. The van der Waals surface area contributed by atoms with Gasteiger partial charge in [-0.15, -0.1) is 0 Å². The molecule has 23 heavy (non-hydrogen) atoms. The molecular formula is C15H25N3O3SSi. The number of hydrogen-bond donors (Lipinski definition) is 0. The molecule has 0 saturated heterocycles. The van der Waals surface area contributed by atoms with E-state index in [4.69, 9.17) is 4.74 Å². The highest BCUT2D eigenvalue weighted by Gasteiger charge is 2.21. The van der Waals surface area contributed by atoms with E-state index < -0.39 is 17.9 Å². The van der Waals surface area contributed by atoms with Crippen LogP contribution < -0.4 is 0 Å². The van der Waals surface area contributed by atoms with Crippen molar-refractivity contribution in [3.05, 3.63) is 17.3 Å². The van der Waals surface area contributed by atoms with Crippen molar-refractivity contribution in [1.29, 1.82) is 0 Å². The first-order chi connectivity index (χ1) is 10.5. The lowest BCUT2D eigenvalue weighted by Gasteiger charge is -2.16. The molecule has 0 amide bonds. The van der Waals surface area contributed by atoms with Gasteiger partial charge >= 0.3 is 0 Å². The lowest BCUT2D eigenvalue weighted by Crippen LogP contribution is -2.22. The normalized spacial score (nSPS) is 13.0. The van der Waals surface area contributed by atoms with Gasteiger partial charge in [0, 0.05) is 26.6 Å². The number of ether oxygens (including phenoxy) is 1. The highest BCUT2D eigenvalue weighted by Crippen LogP contribution is 2.21. The summed E-state index contributed by atoms with van der Waals surface area (Å²) in [5.41, 5.74) is 2.99. The Balaban J connectivity index is 2.37. The number of rotatable bonds is 6. The molecular weight excluding hydrogens is 330 g/mol. The van der Waals surface area contributed by atoms with E-state index in [2.05, 4.69) is 29.6 Å². The van der Waals surface area contributed by atoms with Gasteiger partial charge in [0.25, 0.3) is 0 Å². The second-order valence-corrected chi connectivity index (χ2v) is 14.7. The molecule has 0 unspecified atom stereocenters. The fraction of sp³-hybridized carbons (Fsp3) is 0.600. The molecule has 0 saturated carbocycles. The fourth-order valence-corrected chi connectivity index (χ4v) is 3.72. The molecule has 0 aliphatic carbocycles. The van der Waals surface area contributed by atoms with Gasteiger partial charge in [-0.05, 0) is 31.5 Å². The van der Waals surface area contributed by atoms with Gasteiger partial charge in [-0.1, -0.05) is 19.6 Å². The molecule has 2 heterocycles. The minimum Gasteiger partial charge on any atom is -0.361 e. The summed E-state index contributed by atoms with van der Waals surface area (Å²) in [6.45, 7) is 11.5. The lowest BCUT2D eigenvalue weighted by molar-refractivity contribution is 0.0838. The van der Waals surface area contributed by atoms with Gasteiger partial charge in [0.2, 0.25) is 15.0 Å². The van der Waals surface area contributed by atoms with E-state index in [0.29, 0.717) is 17.8 Å². The van der Waals surface area contributed by atoms with E-state index in [0.717, 1.165) is 23.6 Å². The number of pyridine rings is 1. The zero-order chi connectivity index (χ0) is 17.4. The Kier molecular flexibility index (Phi) is 4.98. The standard InChI is InChI=1S/C15H25N3O3SSi/c1-11-9-13-14(16-12(11)2)17-15(22(3,19)20)18(13)10-21-7-8-23(4,5)6/h9H,7-8,10H2,1-6H3. The zero-order valence-corrected chi connectivity index (χ0v) is 16.5. The van der Waals surface area contributed by atoms with Crippen molar-refractivity contribution in [2.45, 2.75) is 51.4 Å². The van der Waals surface area contributed by atoms with Crippen LogP contribution >= 0.6 is 0 Å². The van der Waals surface area contributed by atoms with Crippen LogP contribution in [0.15, 0.2) is 11.2 Å². The number of hydrogen-bond acceptors (Lipinski definition) is 5. The molecule has 0 aromatic carbocycles. The summed E-state index contributed by atoms with van der Waals surface area (Å²) in [5.74, 6) is 0. The van der Waals surface area contributed by atoms with Crippen molar-refractivity contribution in [3.63, 3.8) is 0 Å². The predicted octanol–water partition coefficient (Wildman–Crippen LogP) is 2.76. The fourth-order valence-electron chi connectivity index (χ4n) is 2.16. The molecule has 0 radical (unpaired) electrons. The molecule has 0 atom stereocenters. The van der Waals surface area contributed by atoms with Crippen LogP contribution in [0.1, 0.15) is 11.3 Å². The van der Waals surface area contributed by atoms with E-state index in [-0.39, 0.29) is 11.9 Å². The first kappa shape index (κ1) is 18.1. The maximum absolute atomic E-state index is 12.0. The van der Waals surface area contributed by atoms with Gasteiger partial charge in [0.1, 0.15) is 6.73 Å². The van der Waals surface area contributed by atoms with E-state index in [1.165, 1.54) is 0 Å². The second kappa shape index (κ2) is 6.33. The van der Waals surface area contributed by atoms with Gasteiger partial charge in [-0.3, -0.25) is 4.57 Å². The SMILES string of the molecule is Cc1cc2c(nc1C)nc(S(C)(=O)=O)n2COCC[Si](C)(C)C. The smallest absolute Gasteiger partial charge is 0.231 e. The Labute approximate surface area is 138 Å². The Morgan fingerprint density at radius 3 is 2.43 bits per heavy atom. The van der Waals surface area contributed by atoms with Crippen molar-refractivity contribution < 1.29 is 13.2 Å². The van der Waals surface area contributed by atoms with Crippen molar-refractivity contribution in [2.24, 2.45) is 0 Å². The summed E-state index contributed by atoms with van der Waals surface area (Å²) in [6, 6.07) is 2.95. The molecule has 6 nitrogen and oxygen atoms in total. The molecule has 2 aromatic rings. The molecule has 0 aliphatic heterocycles. The van der Waals surface area contributed by atoms with E-state index in [9.17, 15) is 8.42 Å². The van der Waals surface area contributed by atoms with Gasteiger partial charge in [0.15, 0.2) is 5.65 Å². The highest BCUT2D eigenvalue weighted by atomic mass is 32.2. The van der Waals surface area contributed by atoms with Crippen LogP contribution in [0.25, 0.3) is 11.2 Å². The summed E-state index contributed by atoms with van der Waals surface area (Å²) < 4.78 is 31.4. The van der Waals surface area contributed by atoms with Crippen LogP contribution in [-0.4, -0.2) is 43.9 Å². The first-order valence-corrected chi connectivity index (χ1v) is 13.2. The van der Waals surface area contributed by atoms with Crippen molar-refractivity contribution >= 4 is 29.1 Å². The van der Waals surface area contributed by atoms with Crippen molar-refractivity contribution in [2.75, 3.05) is 12.9 Å². The van der Waals surface area contributed by atoms with Gasteiger partial charge in [-0.25, -0.2) is 13.4 Å². The molecule has 0 bridgehead atoms. The van der Waals surface area contributed by atoms with Crippen LogP contribution in [0.5, 0.6) is 0 Å². The summed E-state index contributed by atoms with van der Waals surface area (Å²) in [4.78, 5) is 8.60. The van der Waals surface area contributed by atoms with Gasteiger partial charge in [0.05, 0.1) is 5.52 Å². The monoisotopic (exact) mass is 355 g/mol. The number of sulfone groups is 1. The zero-order valence-electron chi connectivity index (χ0n) is 14.7. The number of aryl methyl sites for hydroxylation is 2. The average Bonchev–Trinajstić information content (AvgIpc) is 2.72. The average molecular weight is 356 g/mol. The van der Waals surface area contributed by atoms with Crippen LogP contribution in [0, 0.1) is 13.8 Å². The number of nitrogens with zero attached hydrogens (tertiary/aromatic N) is 3. The Hall–Kier alpha value is -1.25. The third kappa shape index (κ3) is 4.39. The summed E-state index contributed by atoms with van der Waals surface area (Å²) in [7, 11) is -4.63. The molecule has 2 aromatic heterocycles. The third-order valence-electron chi connectivity index (χ3n) is 3.70. The first-order valence-electron chi connectivity index (χ1n) is 7.61. The minimum absolute atomic E-state index is 0.0120. The Morgan fingerprint density at radius 1 is 1.22 bits per heavy atom. The molecule has 0 spiro atoms. The van der Waals surface area contributed by atoms with Crippen molar-refractivity contribution in [3.8, 4) is 0 Å². The maximum Gasteiger partial charge on any atom is 0.231 e. The predicted molar refractivity (Wildman–Crippen MR) is 94.2 cm³/mol. The highest BCUT2D eigenvalue weighted by molar-refractivity contribution is 7.90. The molecule has 8 heteroatoms. The second-order valence-electron chi connectivity index (χ2n) is 7.18. The number of fused-ring (bicyclic) bond motifs is 1. The van der Waals surface area contributed by atoms with Crippen LogP contribution in [0.3, 0.4) is 0 Å². The van der Waals surface area contributed by atoms with E-state index in [1.54, 1.807) is 4.57 Å². The molecule has 2 rings (SSSR count). The topological polar surface area (TPSA) is 74.1 Å². The van der Waals surface area contributed by atoms with E-state index >= 15 is 0 Å². The van der Waals surface area contributed by atoms with Gasteiger partial charge in [-0.2, -0.15) is 4.98 Å². The van der Waals surface area contributed by atoms with Gasteiger partial charge < -0.3 is 4.74 Å². The van der Waals surface area contributed by atoms with Crippen LogP contribution in [0.2, 0.25) is 25.7 Å². The summed E-state index contributed by atoms with van der Waals surface area (Å²) in [6.07, 6.45) is 1.16. The minimum atomic E-state index is -3.45. The molecule has 0 N–H and O–H groups in total. The number of imidazole rings is 1. The molecule has 128 valence electrons. The summed E-state index contributed by atoms with van der Waals surface area (Å²) >= 11 is 0. The number of aromatic nitrogens is 3. The Bertz CT molecular complexity index is 823. The van der Waals surface area contributed by atoms with Crippen LogP contribution in [0.4, 0.5) is 0 Å². The Morgan fingerprint density at radius 2 is 1.87 bits per heavy atom. The largest absolute Gasteiger partial charge is 0.361 e. The molecule has 0 fully saturated rings. The maximum atomic E-state index is 12.0. The summed E-state index contributed by atoms with van der Waals surface area (Å²) in [5, 5.41) is 0.0120. The van der Waals surface area contributed by atoms with Crippen molar-refractivity contribution in [1.82, 2.24) is 14.5 Å². The van der Waals surface area contributed by atoms with E-state index in [1.807, 2.05) is 19.9 Å². The van der Waals surface area contributed by atoms with Crippen LogP contribution in [-0.2, 0) is 21.3 Å².